The van der Waals surface area contributed by atoms with E-state index in [9.17, 15) is 9.59 Å². The molecule has 148 valence electrons. The number of carboxylic acid groups (broad SMARTS) is 1. The molecule has 0 saturated heterocycles. The first-order valence-electron chi connectivity index (χ1n) is 9.77. The summed E-state index contributed by atoms with van der Waals surface area (Å²) in [5, 5.41) is 12.2. The van der Waals surface area contributed by atoms with E-state index in [-0.39, 0.29) is 35.6 Å². The first-order valence-corrected chi connectivity index (χ1v) is 9.77. The van der Waals surface area contributed by atoms with E-state index in [2.05, 4.69) is 19.2 Å². The molecule has 0 radical (unpaired) electrons. The van der Waals surface area contributed by atoms with E-state index in [0.717, 1.165) is 25.0 Å². The Kier molecular flexibility index (Phi) is 5.63. The monoisotopic (exact) mass is 374 g/mol. The number of amides is 2. The van der Waals surface area contributed by atoms with Crippen molar-refractivity contribution in [2.45, 2.75) is 64.1 Å². The van der Waals surface area contributed by atoms with Gasteiger partial charge < -0.3 is 20.1 Å². The lowest BCUT2D eigenvalue weighted by atomic mass is 9.64. The van der Waals surface area contributed by atoms with Gasteiger partial charge in [0.05, 0.1) is 5.92 Å². The Morgan fingerprint density at radius 2 is 1.78 bits per heavy atom. The highest BCUT2D eigenvalue weighted by Crippen LogP contribution is 2.45. The highest BCUT2D eigenvalue weighted by Gasteiger charge is 2.53. The smallest absolute Gasteiger partial charge is 0.317 e. The molecule has 2 fully saturated rings. The first-order chi connectivity index (χ1) is 12.8. The molecule has 2 aliphatic carbocycles. The molecular formula is C21H30N2O4. The number of carbonyl (C=O) groups excluding carboxylic acids is 1. The second kappa shape index (κ2) is 7.79. The minimum absolute atomic E-state index is 0.0649. The molecule has 2 amide bonds. The molecule has 6 nitrogen and oxygen atoms in total. The van der Waals surface area contributed by atoms with Crippen LogP contribution in [0.2, 0.25) is 0 Å². The van der Waals surface area contributed by atoms with Gasteiger partial charge in [-0.05, 0) is 37.8 Å². The van der Waals surface area contributed by atoms with Crippen LogP contribution in [0.4, 0.5) is 4.79 Å². The molecule has 2 atom stereocenters. The van der Waals surface area contributed by atoms with Gasteiger partial charge in [0.2, 0.25) is 0 Å². The second-order valence-corrected chi connectivity index (χ2v) is 8.44. The number of aliphatic carboxylic acids is 1. The number of nitrogens with zero attached hydrogens (tertiary/aromatic N) is 1. The summed E-state index contributed by atoms with van der Waals surface area (Å²) in [6.45, 7) is 4.27. The summed E-state index contributed by atoms with van der Waals surface area (Å²) in [5.74, 6) is -0.133. The standard InChI is InChI=1S/C21H30N2O4/c1-21(2)17(13-18(21)27-16-7-5-4-6-8-16)23(3)20(26)22-15-11-9-14(10-12-15)19(24)25/h4-8,14-15,17-18H,9-13H2,1-3H3,(H,22,26)(H,24,25). The molecule has 0 spiro atoms. The van der Waals surface area contributed by atoms with Crippen molar-refractivity contribution in [3.63, 3.8) is 0 Å². The van der Waals surface area contributed by atoms with Crippen LogP contribution in [0.25, 0.3) is 0 Å². The lowest BCUT2D eigenvalue weighted by Gasteiger charge is -2.54. The Morgan fingerprint density at radius 1 is 1.15 bits per heavy atom. The van der Waals surface area contributed by atoms with Gasteiger partial charge >= 0.3 is 12.0 Å². The van der Waals surface area contributed by atoms with Gasteiger partial charge in [0.1, 0.15) is 11.9 Å². The van der Waals surface area contributed by atoms with Gasteiger partial charge in [-0.1, -0.05) is 32.0 Å². The molecule has 2 saturated carbocycles. The predicted octanol–water partition coefficient (Wildman–Crippen LogP) is 3.52. The number of rotatable bonds is 5. The molecule has 27 heavy (non-hydrogen) atoms. The first kappa shape index (κ1) is 19.5. The van der Waals surface area contributed by atoms with Crippen molar-refractivity contribution >= 4 is 12.0 Å². The number of urea groups is 1. The zero-order chi connectivity index (χ0) is 19.6. The summed E-state index contributed by atoms with van der Waals surface area (Å²) < 4.78 is 6.10. The third-order valence-electron chi connectivity index (χ3n) is 6.34. The van der Waals surface area contributed by atoms with Gasteiger partial charge in [0, 0.05) is 31.0 Å². The highest BCUT2D eigenvalue weighted by molar-refractivity contribution is 5.75. The topological polar surface area (TPSA) is 78.9 Å². The van der Waals surface area contributed by atoms with E-state index in [4.69, 9.17) is 9.84 Å². The quantitative estimate of drug-likeness (QED) is 0.827. The molecule has 6 heteroatoms. The van der Waals surface area contributed by atoms with Gasteiger partial charge in [0.15, 0.2) is 0 Å². The maximum atomic E-state index is 12.7. The van der Waals surface area contributed by atoms with Gasteiger partial charge in [-0.2, -0.15) is 0 Å². The third kappa shape index (κ3) is 4.20. The number of ether oxygens (including phenoxy) is 1. The van der Waals surface area contributed by atoms with Gasteiger partial charge in [0.25, 0.3) is 0 Å². The van der Waals surface area contributed by atoms with Crippen molar-refractivity contribution in [1.82, 2.24) is 10.2 Å². The van der Waals surface area contributed by atoms with Crippen LogP contribution >= 0.6 is 0 Å². The van der Waals surface area contributed by atoms with Crippen LogP contribution < -0.4 is 10.1 Å². The fraction of sp³-hybridized carbons (Fsp3) is 0.619. The van der Waals surface area contributed by atoms with Crippen LogP contribution in [-0.4, -0.2) is 47.2 Å². The van der Waals surface area contributed by atoms with Crippen LogP contribution in [0, 0.1) is 11.3 Å². The van der Waals surface area contributed by atoms with E-state index in [1.165, 1.54) is 0 Å². The zero-order valence-corrected chi connectivity index (χ0v) is 16.4. The van der Waals surface area contributed by atoms with Crippen molar-refractivity contribution in [3.05, 3.63) is 30.3 Å². The van der Waals surface area contributed by atoms with Gasteiger partial charge in [-0.15, -0.1) is 0 Å². The van der Waals surface area contributed by atoms with E-state index >= 15 is 0 Å². The molecule has 0 aromatic heterocycles. The van der Waals surface area contributed by atoms with Gasteiger partial charge in [-0.25, -0.2) is 4.79 Å². The van der Waals surface area contributed by atoms with E-state index < -0.39 is 5.97 Å². The summed E-state index contributed by atoms with van der Waals surface area (Å²) in [7, 11) is 1.84. The van der Waals surface area contributed by atoms with Crippen LogP contribution in [-0.2, 0) is 4.79 Å². The van der Waals surface area contributed by atoms with Crippen molar-refractivity contribution in [2.75, 3.05) is 7.05 Å². The summed E-state index contributed by atoms with van der Waals surface area (Å²) in [5.41, 5.74) is -0.136. The Morgan fingerprint density at radius 3 is 2.33 bits per heavy atom. The molecular weight excluding hydrogens is 344 g/mol. The largest absolute Gasteiger partial charge is 0.490 e. The second-order valence-electron chi connectivity index (χ2n) is 8.44. The zero-order valence-electron chi connectivity index (χ0n) is 16.4. The molecule has 0 aliphatic heterocycles. The number of hydrogen-bond acceptors (Lipinski definition) is 3. The average Bonchev–Trinajstić information content (AvgIpc) is 2.65. The number of carbonyl (C=O) groups is 2. The Bertz CT molecular complexity index is 668. The van der Waals surface area contributed by atoms with Crippen LogP contribution in [0.3, 0.4) is 0 Å². The van der Waals surface area contributed by atoms with Crippen molar-refractivity contribution in [1.29, 1.82) is 0 Å². The van der Waals surface area contributed by atoms with Crippen LogP contribution in [0.15, 0.2) is 30.3 Å². The SMILES string of the molecule is CN(C(=O)NC1CCC(C(=O)O)CC1)C1CC(Oc2ccccc2)C1(C)C. The van der Waals surface area contributed by atoms with Crippen LogP contribution in [0.5, 0.6) is 5.75 Å². The summed E-state index contributed by atoms with van der Waals surface area (Å²) in [6.07, 6.45) is 3.59. The minimum Gasteiger partial charge on any atom is -0.490 e. The van der Waals surface area contributed by atoms with Crippen LogP contribution in [0.1, 0.15) is 46.0 Å². The predicted molar refractivity (Wildman–Crippen MR) is 103 cm³/mol. The van der Waals surface area contributed by atoms with Crippen molar-refractivity contribution < 1.29 is 19.4 Å². The fourth-order valence-corrected chi connectivity index (χ4v) is 4.29. The summed E-state index contributed by atoms with van der Waals surface area (Å²) in [4.78, 5) is 25.5. The van der Waals surface area contributed by atoms with E-state index in [1.54, 1.807) is 4.90 Å². The lowest BCUT2D eigenvalue weighted by molar-refractivity contribution is -0.142. The molecule has 3 rings (SSSR count). The summed E-state index contributed by atoms with van der Waals surface area (Å²) in [6, 6.07) is 9.88. The Hall–Kier alpha value is -2.24. The number of carboxylic acids is 1. The molecule has 2 aliphatic rings. The molecule has 1 aromatic carbocycles. The number of hydrogen-bond donors (Lipinski definition) is 2. The highest BCUT2D eigenvalue weighted by atomic mass is 16.5. The minimum atomic E-state index is -0.724. The number of para-hydroxylation sites is 1. The molecule has 0 bridgehead atoms. The molecule has 1 aromatic rings. The van der Waals surface area contributed by atoms with Crippen molar-refractivity contribution in [2.24, 2.45) is 11.3 Å². The third-order valence-corrected chi connectivity index (χ3v) is 6.34. The van der Waals surface area contributed by atoms with Crippen molar-refractivity contribution in [3.8, 4) is 5.75 Å². The molecule has 0 heterocycles. The maximum absolute atomic E-state index is 12.7. The van der Waals surface area contributed by atoms with E-state index in [1.807, 2.05) is 37.4 Å². The number of benzene rings is 1. The Balaban J connectivity index is 1.50. The molecule has 2 N–H and O–H groups in total. The van der Waals surface area contributed by atoms with Gasteiger partial charge in [-0.3, -0.25) is 4.79 Å². The average molecular weight is 374 g/mol. The summed E-state index contributed by atoms with van der Waals surface area (Å²) >= 11 is 0. The Labute approximate surface area is 160 Å². The molecule has 2 unspecified atom stereocenters. The fourth-order valence-electron chi connectivity index (χ4n) is 4.29. The lowest BCUT2D eigenvalue weighted by Crippen LogP contribution is -2.65. The normalized spacial score (nSPS) is 29.3. The maximum Gasteiger partial charge on any atom is 0.317 e. The van der Waals surface area contributed by atoms with E-state index in [0.29, 0.717) is 12.8 Å². The number of nitrogens with one attached hydrogen (secondary N) is 1.